The number of para-hydroxylation sites is 1. The summed E-state index contributed by atoms with van der Waals surface area (Å²) in [4.78, 5) is 0. The van der Waals surface area contributed by atoms with Crippen LogP contribution in [0.1, 0.15) is 58.3 Å². The smallest absolute Gasteiger partial charge is 0.119 e. The second-order valence-corrected chi connectivity index (χ2v) is 5.37. The Bertz CT molecular complexity index is 316. The van der Waals surface area contributed by atoms with Gasteiger partial charge in [0.15, 0.2) is 0 Å². The number of benzene rings is 1. The van der Waals surface area contributed by atoms with Gasteiger partial charge in [-0.2, -0.15) is 0 Å². The van der Waals surface area contributed by atoms with E-state index in [4.69, 9.17) is 10.6 Å². The summed E-state index contributed by atoms with van der Waals surface area (Å²) in [6, 6.07) is 10.3. The van der Waals surface area contributed by atoms with Crippen LogP contribution in [0.4, 0.5) is 0 Å². The van der Waals surface area contributed by atoms with Crippen molar-refractivity contribution in [3.63, 3.8) is 0 Å². The van der Waals surface area contributed by atoms with E-state index < -0.39 is 0 Å². The van der Waals surface area contributed by atoms with Crippen molar-refractivity contribution in [3.05, 3.63) is 30.3 Å². The monoisotopic (exact) mass is 278 g/mol. The lowest BCUT2D eigenvalue weighted by Gasteiger charge is -2.16. The average Bonchev–Trinajstić information content (AvgIpc) is 2.50. The molecule has 1 atom stereocenters. The highest BCUT2D eigenvalue weighted by Gasteiger charge is 2.06. The number of unbranched alkanes of at least 4 members (excludes halogenated alkanes) is 5. The lowest BCUT2D eigenvalue weighted by molar-refractivity contribution is 0.279. The topological polar surface area (TPSA) is 47.3 Å². The molecule has 0 aliphatic carbocycles. The van der Waals surface area contributed by atoms with Crippen molar-refractivity contribution in [1.29, 1.82) is 0 Å². The number of hydrogen-bond acceptors (Lipinski definition) is 3. The number of ether oxygens (including phenoxy) is 1. The highest BCUT2D eigenvalue weighted by Crippen LogP contribution is 2.12. The van der Waals surface area contributed by atoms with Gasteiger partial charge in [-0.3, -0.25) is 11.3 Å². The van der Waals surface area contributed by atoms with Crippen LogP contribution >= 0.6 is 0 Å². The van der Waals surface area contributed by atoms with Crippen molar-refractivity contribution in [3.8, 4) is 5.75 Å². The molecule has 3 N–H and O–H groups in total. The van der Waals surface area contributed by atoms with Crippen LogP contribution in [-0.4, -0.2) is 12.6 Å². The van der Waals surface area contributed by atoms with E-state index in [-0.39, 0.29) is 0 Å². The van der Waals surface area contributed by atoms with Crippen LogP contribution in [0, 0.1) is 0 Å². The van der Waals surface area contributed by atoms with Crippen LogP contribution in [0.2, 0.25) is 0 Å². The first-order valence-corrected chi connectivity index (χ1v) is 8.00. The third kappa shape index (κ3) is 8.18. The van der Waals surface area contributed by atoms with Gasteiger partial charge in [0.25, 0.3) is 0 Å². The maximum absolute atomic E-state index is 5.70. The summed E-state index contributed by atoms with van der Waals surface area (Å²) in [6.45, 7) is 2.97. The van der Waals surface area contributed by atoms with E-state index in [9.17, 15) is 0 Å². The summed E-state index contributed by atoms with van der Waals surface area (Å²) in [5.74, 6) is 6.54. The molecule has 1 aromatic carbocycles. The minimum atomic E-state index is 0.366. The molecule has 0 radical (unpaired) electrons. The number of nitrogens with one attached hydrogen (secondary N) is 1. The Kier molecular flexibility index (Phi) is 9.98. The standard InChI is InChI=1S/C17H30N2O/c1-2-3-4-5-6-8-11-16(19-18)14-15-20-17-12-9-7-10-13-17/h7,9-10,12-13,16,19H,2-6,8,11,14-15,18H2,1H3. The van der Waals surface area contributed by atoms with E-state index in [1.54, 1.807) is 0 Å². The minimum absolute atomic E-state index is 0.366. The molecule has 0 spiro atoms. The van der Waals surface area contributed by atoms with E-state index in [2.05, 4.69) is 12.3 Å². The molecule has 20 heavy (non-hydrogen) atoms. The molecule has 0 fully saturated rings. The predicted octanol–water partition coefficient (Wildman–Crippen LogP) is 4.04. The van der Waals surface area contributed by atoms with Gasteiger partial charge in [0, 0.05) is 6.04 Å². The zero-order valence-corrected chi connectivity index (χ0v) is 12.8. The largest absolute Gasteiger partial charge is 0.494 e. The molecule has 0 aliphatic heterocycles. The molecular formula is C17H30N2O. The van der Waals surface area contributed by atoms with Crippen LogP contribution in [0.15, 0.2) is 30.3 Å². The quantitative estimate of drug-likeness (QED) is 0.344. The first kappa shape index (κ1) is 17.0. The first-order chi connectivity index (χ1) is 9.86. The molecule has 0 heterocycles. The highest BCUT2D eigenvalue weighted by molar-refractivity contribution is 5.20. The lowest BCUT2D eigenvalue weighted by Crippen LogP contribution is -2.36. The Balaban J connectivity index is 2.04. The third-order valence-corrected chi connectivity index (χ3v) is 3.62. The Labute approximate surface area is 123 Å². The normalized spacial score (nSPS) is 12.3. The number of rotatable bonds is 12. The third-order valence-electron chi connectivity index (χ3n) is 3.62. The molecule has 3 heteroatoms. The molecule has 3 nitrogen and oxygen atoms in total. The second kappa shape index (κ2) is 11.7. The Hall–Kier alpha value is -1.06. The van der Waals surface area contributed by atoms with Crippen molar-refractivity contribution in [2.45, 2.75) is 64.3 Å². The summed E-state index contributed by atoms with van der Waals surface area (Å²) in [7, 11) is 0. The molecule has 0 aliphatic rings. The maximum atomic E-state index is 5.70. The Morgan fingerprint density at radius 3 is 2.40 bits per heavy atom. The fraction of sp³-hybridized carbons (Fsp3) is 0.647. The first-order valence-electron chi connectivity index (χ1n) is 8.00. The molecule has 114 valence electrons. The van der Waals surface area contributed by atoms with E-state index in [1.807, 2.05) is 30.3 Å². The fourth-order valence-electron chi connectivity index (χ4n) is 2.32. The second-order valence-electron chi connectivity index (χ2n) is 5.37. The summed E-state index contributed by atoms with van der Waals surface area (Å²) < 4.78 is 5.70. The van der Waals surface area contributed by atoms with Crippen LogP contribution in [0.5, 0.6) is 5.75 Å². The van der Waals surface area contributed by atoms with E-state index >= 15 is 0 Å². The van der Waals surface area contributed by atoms with E-state index in [1.165, 1.54) is 38.5 Å². The lowest BCUT2D eigenvalue weighted by atomic mass is 10.0. The summed E-state index contributed by atoms with van der Waals surface area (Å²) in [5, 5.41) is 0. The van der Waals surface area contributed by atoms with Gasteiger partial charge in [-0.1, -0.05) is 63.6 Å². The average molecular weight is 278 g/mol. The molecule has 0 aromatic heterocycles. The molecule has 0 bridgehead atoms. The summed E-state index contributed by atoms with van der Waals surface area (Å²) >= 11 is 0. The molecular weight excluding hydrogens is 248 g/mol. The SMILES string of the molecule is CCCCCCCCC(CCOc1ccccc1)NN. The van der Waals surface area contributed by atoms with Gasteiger partial charge in [-0.15, -0.1) is 0 Å². The number of nitrogens with two attached hydrogens (primary N) is 1. The van der Waals surface area contributed by atoms with Gasteiger partial charge >= 0.3 is 0 Å². The van der Waals surface area contributed by atoms with Crippen molar-refractivity contribution in [2.24, 2.45) is 5.84 Å². The van der Waals surface area contributed by atoms with Gasteiger partial charge < -0.3 is 4.74 Å². The van der Waals surface area contributed by atoms with Crippen LogP contribution in [0.25, 0.3) is 0 Å². The van der Waals surface area contributed by atoms with Crippen LogP contribution < -0.4 is 16.0 Å². The van der Waals surface area contributed by atoms with Crippen LogP contribution in [0.3, 0.4) is 0 Å². The summed E-state index contributed by atoms with van der Waals surface area (Å²) in [5.41, 5.74) is 2.91. The number of hydrogen-bond donors (Lipinski definition) is 2. The van der Waals surface area contributed by atoms with Crippen LogP contribution in [-0.2, 0) is 0 Å². The molecule has 0 amide bonds. The number of hydrazine groups is 1. The minimum Gasteiger partial charge on any atom is -0.494 e. The van der Waals surface area contributed by atoms with Gasteiger partial charge in [0.1, 0.15) is 5.75 Å². The van der Waals surface area contributed by atoms with Crippen molar-refractivity contribution >= 4 is 0 Å². The van der Waals surface area contributed by atoms with Crippen molar-refractivity contribution in [1.82, 2.24) is 5.43 Å². The van der Waals surface area contributed by atoms with Gasteiger partial charge in [0.2, 0.25) is 0 Å². The van der Waals surface area contributed by atoms with Gasteiger partial charge in [-0.25, -0.2) is 0 Å². The summed E-state index contributed by atoms with van der Waals surface area (Å²) in [6.07, 6.45) is 10.1. The van der Waals surface area contributed by atoms with Crippen molar-refractivity contribution < 1.29 is 4.74 Å². The molecule has 1 rings (SSSR count). The molecule has 1 aromatic rings. The van der Waals surface area contributed by atoms with E-state index in [0.717, 1.165) is 18.6 Å². The fourth-order valence-corrected chi connectivity index (χ4v) is 2.32. The molecule has 0 saturated carbocycles. The van der Waals surface area contributed by atoms with Gasteiger partial charge in [0.05, 0.1) is 6.61 Å². The highest BCUT2D eigenvalue weighted by atomic mass is 16.5. The zero-order valence-electron chi connectivity index (χ0n) is 12.8. The zero-order chi connectivity index (χ0) is 14.5. The van der Waals surface area contributed by atoms with Crippen molar-refractivity contribution in [2.75, 3.05) is 6.61 Å². The molecule has 0 saturated heterocycles. The van der Waals surface area contributed by atoms with Gasteiger partial charge in [-0.05, 0) is 25.0 Å². The Morgan fingerprint density at radius 1 is 1.00 bits per heavy atom. The maximum Gasteiger partial charge on any atom is 0.119 e. The predicted molar refractivity (Wildman–Crippen MR) is 85.7 cm³/mol. The van der Waals surface area contributed by atoms with E-state index in [0.29, 0.717) is 12.6 Å². The molecule has 1 unspecified atom stereocenters. The Morgan fingerprint density at radius 2 is 1.70 bits per heavy atom.